The third kappa shape index (κ3) is 4.54. The summed E-state index contributed by atoms with van der Waals surface area (Å²) in [6, 6.07) is 22.4. The predicted molar refractivity (Wildman–Crippen MR) is 122 cm³/mol. The van der Waals surface area contributed by atoms with E-state index in [-0.39, 0.29) is 21.7 Å². The zero-order valence-corrected chi connectivity index (χ0v) is 18.5. The van der Waals surface area contributed by atoms with Crippen molar-refractivity contribution < 1.29 is 12.8 Å². The largest absolute Gasteiger partial charge is 0.419 e. The maximum Gasteiger partial charge on any atom is 0.234 e. The number of nitrogens with one attached hydrogen (secondary N) is 1. The van der Waals surface area contributed by atoms with Crippen molar-refractivity contribution in [3.63, 3.8) is 0 Å². The highest BCUT2D eigenvalue weighted by Crippen LogP contribution is 2.33. The highest BCUT2D eigenvalue weighted by Gasteiger charge is 2.28. The van der Waals surface area contributed by atoms with Crippen molar-refractivity contribution in [1.29, 1.82) is 0 Å². The van der Waals surface area contributed by atoms with Crippen molar-refractivity contribution >= 4 is 15.7 Å². The minimum Gasteiger partial charge on any atom is -0.419 e. The summed E-state index contributed by atoms with van der Waals surface area (Å²) in [6.07, 6.45) is 0. The summed E-state index contributed by atoms with van der Waals surface area (Å²) in [7, 11) is -3.86. The SMILES string of the molecule is Cc1ccc(CNc2oc(-c3ccc(C)cc3)nc2S(=O)(=O)c2ccc(C)cc2)cc1. The van der Waals surface area contributed by atoms with Crippen LogP contribution in [0.15, 0.2) is 87.1 Å². The Bertz CT molecular complexity index is 1290. The van der Waals surface area contributed by atoms with E-state index in [0.717, 1.165) is 22.3 Å². The van der Waals surface area contributed by atoms with Gasteiger partial charge in [0.15, 0.2) is 0 Å². The number of aromatic nitrogens is 1. The van der Waals surface area contributed by atoms with Gasteiger partial charge < -0.3 is 9.73 Å². The van der Waals surface area contributed by atoms with Crippen molar-refractivity contribution in [2.24, 2.45) is 0 Å². The van der Waals surface area contributed by atoms with Gasteiger partial charge in [-0.1, -0.05) is 65.2 Å². The van der Waals surface area contributed by atoms with Crippen LogP contribution < -0.4 is 5.32 Å². The Morgan fingerprint density at radius 1 is 0.774 bits per heavy atom. The second-order valence-electron chi connectivity index (χ2n) is 7.67. The first-order chi connectivity index (χ1) is 14.8. The van der Waals surface area contributed by atoms with Crippen molar-refractivity contribution in [3.05, 3.63) is 95.1 Å². The molecule has 0 fully saturated rings. The molecule has 1 aromatic heterocycles. The van der Waals surface area contributed by atoms with Crippen LogP contribution in [-0.2, 0) is 16.4 Å². The second kappa shape index (κ2) is 8.40. The number of hydrogen-bond donors (Lipinski definition) is 1. The standard InChI is InChI=1S/C25H24N2O3S/c1-17-4-10-20(11-5-17)16-26-24-25(31(28,29)22-14-8-19(3)9-15-22)27-23(30-24)21-12-6-18(2)7-13-21/h4-15,26H,16H2,1-3H3. The Hall–Kier alpha value is -3.38. The molecule has 5 nitrogen and oxygen atoms in total. The van der Waals surface area contributed by atoms with Crippen molar-refractivity contribution in [3.8, 4) is 11.5 Å². The lowest BCUT2D eigenvalue weighted by Gasteiger charge is -2.07. The Labute approximate surface area is 182 Å². The second-order valence-corrected chi connectivity index (χ2v) is 9.54. The maximum atomic E-state index is 13.4. The molecule has 6 heteroatoms. The van der Waals surface area contributed by atoms with Crippen LogP contribution in [0.5, 0.6) is 0 Å². The third-order valence-corrected chi connectivity index (χ3v) is 6.73. The first kappa shape index (κ1) is 20.9. The zero-order valence-electron chi connectivity index (χ0n) is 17.7. The van der Waals surface area contributed by atoms with E-state index < -0.39 is 9.84 Å². The van der Waals surface area contributed by atoms with E-state index in [1.165, 1.54) is 0 Å². The van der Waals surface area contributed by atoms with Gasteiger partial charge in [0, 0.05) is 12.1 Å². The lowest BCUT2D eigenvalue weighted by Crippen LogP contribution is -2.07. The van der Waals surface area contributed by atoms with Crippen molar-refractivity contribution in [2.45, 2.75) is 37.2 Å². The molecule has 1 heterocycles. The molecule has 4 aromatic rings. The van der Waals surface area contributed by atoms with Crippen LogP contribution in [0.25, 0.3) is 11.5 Å². The number of oxazole rings is 1. The van der Waals surface area contributed by atoms with E-state index in [1.54, 1.807) is 24.3 Å². The molecule has 0 aliphatic heterocycles. The van der Waals surface area contributed by atoms with Gasteiger partial charge in [0.25, 0.3) is 0 Å². The first-order valence-electron chi connectivity index (χ1n) is 10.0. The van der Waals surface area contributed by atoms with E-state index in [2.05, 4.69) is 10.3 Å². The normalized spacial score (nSPS) is 11.5. The summed E-state index contributed by atoms with van der Waals surface area (Å²) in [5, 5.41) is 3.02. The van der Waals surface area contributed by atoms with Crippen LogP contribution in [0.2, 0.25) is 0 Å². The van der Waals surface area contributed by atoms with E-state index in [9.17, 15) is 8.42 Å². The van der Waals surface area contributed by atoms with Crippen LogP contribution in [-0.4, -0.2) is 13.4 Å². The minimum absolute atomic E-state index is 0.112. The van der Waals surface area contributed by atoms with Gasteiger partial charge in [-0.3, -0.25) is 0 Å². The van der Waals surface area contributed by atoms with Gasteiger partial charge in [-0.25, -0.2) is 8.42 Å². The molecular formula is C25H24N2O3S. The number of sulfone groups is 1. The molecule has 31 heavy (non-hydrogen) atoms. The molecule has 0 saturated carbocycles. The van der Waals surface area contributed by atoms with Crippen LogP contribution >= 0.6 is 0 Å². The van der Waals surface area contributed by atoms with Crippen LogP contribution in [0.3, 0.4) is 0 Å². The Kier molecular flexibility index (Phi) is 5.65. The fraction of sp³-hybridized carbons (Fsp3) is 0.160. The van der Waals surface area contributed by atoms with Crippen LogP contribution in [0, 0.1) is 20.8 Å². The number of aryl methyl sites for hydroxylation is 3. The maximum absolute atomic E-state index is 13.4. The van der Waals surface area contributed by atoms with Crippen molar-refractivity contribution in [1.82, 2.24) is 4.98 Å². The summed E-state index contributed by atoms with van der Waals surface area (Å²) in [5.41, 5.74) is 4.97. The molecule has 0 spiro atoms. The molecule has 158 valence electrons. The molecule has 0 aliphatic carbocycles. The van der Waals surface area contributed by atoms with Gasteiger partial charge >= 0.3 is 0 Å². The van der Waals surface area contributed by atoms with E-state index in [0.29, 0.717) is 12.1 Å². The van der Waals surface area contributed by atoms with Gasteiger partial charge in [-0.15, -0.1) is 0 Å². The Morgan fingerprint density at radius 3 is 1.87 bits per heavy atom. The van der Waals surface area contributed by atoms with Crippen LogP contribution in [0.1, 0.15) is 22.3 Å². The number of nitrogens with zero attached hydrogens (tertiary/aromatic N) is 1. The summed E-state index contributed by atoms with van der Waals surface area (Å²) in [5.74, 6) is 0.397. The molecule has 0 aliphatic rings. The number of benzene rings is 3. The highest BCUT2D eigenvalue weighted by atomic mass is 32.2. The molecule has 0 bridgehead atoms. The molecule has 3 aromatic carbocycles. The lowest BCUT2D eigenvalue weighted by atomic mass is 10.1. The zero-order chi connectivity index (χ0) is 22.0. The number of hydrogen-bond acceptors (Lipinski definition) is 5. The molecule has 1 N–H and O–H groups in total. The van der Waals surface area contributed by atoms with Crippen LogP contribution in [0.4, 0.5) is 5.88 Å². The topological polar surface area (TPSA) is 72.2 Å². The molecule has 0 amide bonds. The molecule has 0 radical (unpaired) electrons. The summed E-state index contributed by atoms with van der Waals surface area (Å²) >= 11 is 0. The molecule has 0 saturated heterocycles. The van der Waals surface area contributed by atoms with Crippen molar-refractivity contribution in [2.75, 3.05) is 5.32 Å². The highest BCUT2D eigenvalue weighted by molar-refractivity contribution is 7.91. The van der Waals surface area contributed by atoms with E-state index in [1.807, 2.05) is 69.3 Å². The van der Waals surface area contributed by atoms with Gasteiger partial charge in [-0.05, 0) is 50.6 Å². The van der Waals surface area contributed by atoms with Gasteiger partial charge in [0.2, 0.25) is 26.6 Å². The molecule has 0 atom stereocenters. The molecule has 4 rings (SSSR count). The number of anilines is 1. The third-order valence-electron chi connectivity index (χ3n) is 5.05. The molecule has 0 unspecified atom stereocenters. The van der Waals surface area contributed by atoms with Gasteiger partial charge in [0.1, 0.15) is 0 Å². The fourth-order valence-electron chi connectivity index (χ4n) is 3.14. The summed E-state index contributed by atoms with van der Waals surface area (Å²) in [4.78, 5) is 4.57. The Morgan fingerprint density at radius 2 is 1.29 bits per heavy atom. The summed E-state index contributed by atoms with van der Waals surface area (Å²) in [6.45, 7) is 6.34. The predicted octanol–water partition coefficient (Wildman–Crippen LogP) is 5.71. The summed E-state index contributed by atoms with van der Waals surface area (Å²) < 4.78 is 32.6. The van der Waals surface area contributed by atoms with E-state index >= 15 is 0 Å². The number of rotatable bonds is 6. The van der Waals surface area contributed by atoms with Gasteiger partial charge in [0.05, 0.1) is 4.90 Å². The van der Waals surface area contributed by atoms with E-state index in [4.69, 9.17) is 4.42 Å². The fourth-order valence-corrected chi connectivity index (χ4v) is 4.42. The average Bonchev–Trinajstić information content (AvgIpc) is 3.19. The quantitative estimate of drug-likeness (QED) is 0.422. The minimum atomic E-state index is -3.86. The smallest absolute Gasteiger partial charge is 0.234 e. The molecular weight excluding hydrogens is 408 g/mol. The Balaban J connectivity index is 1.74. The monoisotopic (exact) mass is 432 g/mol. The lowest BCUT2D eigenvalue weighted by molar-refractivity contribution is 0.576. The average molecular weight is 433 g/mol. The first-order valence-corrected chi connectivity index (χ1v) is 11.5. The van der Waals surface area contributed by atoms with Gasteiger partial charge in [-0.2, -0.15) is 4.98 Å².